The topological polar surface area (TPSA) is 307 Å². The predicted octanol–water partition coefficient (Wildman–Crippen LogP) is 12.0. The molecule has 0 spiro atoms. The van der Waals surface area contributed by atoms with Gasteiger partial charge in [-0.15, -0.1) is 0 Å². The second kappa shape index (κ2) is 41.4. The number of halogens is 1. The van der Waals surface area contributed by atoms with Crippen LogP contribution >= 0.6 is 22.6 Å². The fourth-order valence-corrected chi connectivity index (χ4v) is 15.9. The number of hydrogen-bond acceptors (Lipinski definition) is 14. The van der Waals surface area contributed by atoms with Gasteiger partial charge in [-0.1, -0.05) is 146 Å². The summed E-state index contributed by atoms with van der Waals surface area (Å²) in [6.07, 6.45) is 4.58. The molecule has 6 N–H and O–H groups in total. The van der Waals surface area contributed by atoms with E-state index in [0.29, 0.717) is 36.8 Å². The number of para-hydroxylation sites is 1. The molecule has 1 radical (unpaired) electrons. The summed E-state index contributed by atoms with van der Waals surface area (Å²) < 4.78 is 12.9. The van der Waals surface area contributed by atoms with E-state index in [0.717, 1.165) is 161 Å². The fourth-order valence-electron chi connectivity index (χ4n) is 15.2. The molecule has 4 saturated heterocycles. The maximum absolute atomic E-state index is 13.3. The molecule has 10 aromatic carbocycles. The first-order chi connectivity index (χ1) is 55.7. The fraction of sp³-hybridized carbons (Fsp3) is 0.239. The second-order valence-corrected chi connectivity index (χ2v) is 30.4. The van der Waals surface area contributed by atoms with Gasteiger partial charge in [0.1, 0.15) is 20.8 Å². The minimum Gasteiger partial charge on any atom is -0.870 e. The number of Topliss-reactive ketones (excluding diaryl/α,β-unsaturated/α-hetero) is 2. The molecule has 26 heteroatoms. The number of hydrogen-bond donors (Lipinski definition) is 3. The monoisotopic (exact) mass is 1690 g/mol. The van der Waals surface area contributed by atoms with Crippen LogP contribution < -0.4 is 28.8 Å². The molecule has 18 rings (SSSR count). The van der Waals surface area contributed by atoms with Crippen LogP contribution in [0.3, 0.4) is 0 Å². The van der Waals surface area contributed by atoms with Gasteiger partial charge in [0, 0.05) is 134 Å². The number of aromatic nitrogens is 8. The minimum atomic E-state index is -0.926. The van der Waals surface area contributed by atoms with Gasteiger partial charge in [0.15, 0.2) is 11.6 Å². The summed E-state index contributed by atoms with van der Waals surface area (Å²) in [4.78, 5) is 78.0. The summed E-state index contributed by atoms with van der Waals surface area (Å²) in [6.45, 7) is 10.6. The number of nitrogens with zero attached hydrogens (tertiary/aromatic N) is 11. The van der Waals surface area contributed by atoms with Gasteiger partial charge in [0.2, 0.25) is 0 Å². The Morgan fingerprint density at radius 3 is 1.12 bits per heavy atom. The van der Waals surface area contributed by atoms with E-state index in [1.807, 2.05) is 281 Å². The molecule has 118 heavy (non-hydrogen) atoms. The summed E-state index contributed by atoms with van der Waals surface area (Å²) in [5, 5.41) is 42.5. The molecule has 3 amide bonds. The van der Waals surface area contributed by atoms with Crippen molar-refractivity contribution >= 4 is 109 Å². The van der Waals surface area contributed by atoms with E-state index < -0.39 is 5.97 Å². The summed E-state index contributed by atoms with van der Waals surface area (Å²) >= 11 is 2.18. The van der Waals surface area contributed by atoms with E-state index in [-0.39, 0.29) is 64.7 Å². The molecule has 0 saturated carbocycles. The minimum absolute atomic E-state index is 0. The molecule has 4 aliphatic rings. The number of ketones is 2. The predicted molar refractivity (Wildman–Crippen MR) is 465 cm³/mol. The number of benzene rings is 10. The Kier molecular flexibility index (Phi) is 31.1. The molecule has 0 bridgehead atoms. The van der Waals surface area contributed by atoms with Crippen molar-refractivity contribution in [3.63, 3.8) is 0 Å². The van der Waals surface area contributed by atoms with Crippen LogP contribution in [0.5, 0.6) is 5.75 Å². The number of carbonyl (C=O) groups is 6. The maximum atomic E-state index is 13.3. The number of aryl methyl sites for hydroxylation is 4. The first-order valence-corrected chi connectivity index (χ1v) is 39.6. The maximum Gasteiger partial charge on any atom is 1.00 e. The Hall–Kier alpha value is -11.7. The molecular formula is C92H94BILiN12O11. The van der Waals surface area contributed by atoms with Crippen molar-refractivity contribution in [3.05, 3.63) is 292 Å². The molecular weight excluding hydrogens is 1590 g/mol. The van der Waals surface area contributed by atoms with Crippen LogP contribution in [0, 0.1) is 27.4 Å². The zero-order valence-electron chi connectivity index (χ0n) is 67.1. The second-order valence-electron chi connectivity index (χ2n) is 29.4. The van der Waals surface area contributed by atoms with Crippen molar-refractivity contribution in [2.45, 2.75) is 39.5 Å². The number of aromatic carboxylic acids is 1. The standard InChI is InChI=1S/C30H30N4O2.C16H14N2O.C15H12N2O2.C15H20N2O.C10H9IN2O.C6H6BO2.Li.2H2O/c1-32-27-13-12-25(17-26(27)28(31-32)23-8-4-2-5-9-23)30(36)34-19-22(20-34)16-21-14-15-33(18-21)29(35)24-10-6-3-7-11-24;1-11(19)13-8-9-15-14(10-13)16(17-18(15)2)12-6-4-3-5-7-12;1-17-13-8-7-11(15(18)19)9-12(13)14(16-17)10-5-3-2-4-6-10;18-15(14-4-2-1-3-5-14)17-7-6-12(11-17)8-13-9-16-10-13;1-6(14)7-3-4-9-8(5-7)10(11)12-13(9)2;8-7-9-6-4-2-1-3-5-6;;;/h2-13,17,21-22H,14-16,18-20H2,1H3;3-10H,1-2H3;2-9H,1H3,(H,18,19);1-5,12-13,16H,6-11H2;3-5H,1-2H3;1-5,8H;;2*1H2/q;;;;;;+1;;/p-1/t21-;;;12-;;;;;/m1..1...../s1. The quantitative estimate of drug-likeness (QED) is 0.0488. The Balaban J connectivity index is 0.000000156. The number of carboxylic acids is 1. The summed E-state index contributed by atoms with van der Waals surface area (Å²) in [7, 11) is 8.28. The summed E-state index contributed by atoms with van der Waals surface area (Å²) in [6, 6.07) is 80.5. The van der Waals surface area contributed by atoms with Crippen LogP contribution in [0.2, 0.25) is 0 Å². The third kappa shape index (κ3) is 21.6. The van der Waals surface area contributed by atoms with Crippen molar-refractivity contribution in [3.8, 4) is 39.5 Å². The molecule has 0 aliphatic carbocycles. The van der Waals surface area contributed by atoms with Crippen LogP contribution in [0.25, 0.3) is 77.4 Å². The number of rotatable bonds is 15. The van der Waals surface area contributed by atoms with Gasteiger partial charge in [0.05, 0.1) is 33.4 Å². The van der Waals surface area contributed by atoms with E-state index in [1.54, 1.807) is 48.9 Å². The zero-order chi connectivity index (χ0) is 80.7. The van der Waals surface area contributed by atoms with E-state index in [1.165, 1.54) is 25.9 Å². The molecule has 599 valence electrons. The third-order valence-electron chi connectivity index (χ3n) is 21.4. The van der Waals surface area contributed by atoms with Gasteiger partial charge in [-0.25, -0.2) is 4.79 Å². The van der Waals surface area contributed by atoms with E-state index in [2.05, 4.69) is 47.9 Å². The van der Waals surface area contributed by atoms with E-state index in [9.17, 15) is 28.8 Å². The average molecular weight is 1690 g/mol. The summed E-state index contributed by atoms with van der Waals surface area (Å²) in [5.41, 5.74) is 13.8. The Morgan fingerprint density at radius 2 is 0.737 bits per heavy atom. The molecule has 4 fully saturated rings. The van der Waals surface area contributed by atoms with Crippen LogP contribution in [0.15, 0.2) is 255 Å². The largest absolute Gasteiger partial charge is 1.00 e. The SMILES string of the molecule is CC(=O)c1ccc2c(c1)c(-c1ccccc1)nn2C.CC(=O)c1ccc2c(c1)c(I)nn2C.Cn1nc(-c2ccccc2)c2cc(C(=O)N3CC(C[C@H]4CCN(C(=O)c5ccccc5)C4)C3)ccc21.Cn1nc(-c2ccccc2)c2cc(C(=O)O)ccc21.O.O=C(c1ccccc1)N1CC[C@H](CC2CNC2)C1.O[B]Oc1ccccc1.[Li+].[OH-]. The van der Waals surface area contributed by atoms with Crippen molar-refractivity contribution in [2.75, 3.05) is 52.4 Å². The summed E-state index contributed by atoms with van der Waals surface area (Å²) in [5.74, 6) is 2.87. The molecule has 4 aliphatic heterocycles. The Labute approximate surface area is 711 Å². The number of carboxylic acid groups (broad SMARTS) is 1. The molecule has 4 aromatic heterocycles. The Morgan fingerprint density at radius 1 is 0.415 bits per heavy atom. The van der Waals surface area contributed by atoms with Crippen molar-refractivity contribution in [2.24, 2.45) is 51.9 Å². The normalized spacial score (nSPS) is 14.6. The van der Waals surface area contributed by atoms with Crippen molar-refractivity contribution < 1.29 is 73.4 Å². The Bertz CT molecular complexity index is 5620. The molecule has 14 aromatic rings. The number of likely N-dealkylation sites (tertiary alicyclic amines) is 3. The van der Waals surface area contributed by atoms with Gasteiger partial charge in [-0.05, 0) is 208 Å². The number of carbonyl (C=O) groups excluding carboxylic acids is 5. The van der Waals surface area contributed by atoms with Crippen LogP contribution in [0.1, 0.15) is 102 Å². The zero-order valence-corrected chi connectivity index (χ0v) is 69.3. The van der Waals surface area contributed by atoms with E-state index in [4.69, 9.17) is 15.2 Å². The van der Waals surface area contributed by atoms with Crippen molar-refractivity contribution in [1.29, 1.82) is 0 Å². The average Bonchev–Trinajstić information content (AvgIpc) is 1.59. The number of nitrogens with one attached hydrogen (secondary N) is 1. The third-order valence-corrected chi connectivity index (χ3v) is 22.2. The van der Waals surface area contributed by atoms with Crippen molar-refractivity contribution in [1.82, 2.24) is 59.1 Å². The van der Waals surface area contributed by atoms with Crippen LogP contribution in [0.4, 0.5) is 0 Å². The number of fused-ring (bicyclic) bond motifs is 4. The van der Waals surface area contributed by atoms with Crippen LogP contribution in [-0.4, -0.2) is 170 Å². The first kappa shape index (κ1) is 88.7. The molecule has 0 unspecified atom stereocenters. The first-order valence-electron chi connectivity index (χ1n) is 38.6. The van der Waals surface area contributed by atoms with Gasteiger partial charge >= 0.3 is 32.5 Å². The smallest absolute Gasteiger partial charge is 0.870 e. The van der Waals surface area contributed by atoms with E-state index >= 15 is 0 Å². The van der Waals surface area contributed by atoms with Crippen LogP contribution in [-0.2, 0) is 28.2 Å². The molecule has 23 nitrogen and oxygen atoms in total. The number of amides is 3. The molecule has 2 atom stereocenters. The molecule has 8 heterocycles. The van der Waals surface area contributed by atoms with Gasteiger partial charge in [-0.3, -0.25) is 42.7 Å². The van der Waals surface area contributed by atoms with Gasteiger partial charge in [-0.2, -0.15) is 20.4 Å². The van der Waals surface area contributed by atoms with Gasteiger partial charge < -0.3 is 45.8 Å². The van der Waals surface area contributed by atoms with Gasteiger partial charge in [0.25, 0.3) is 17.7 Å².